The minimum Gasteiger partial charge on any atom is -0.0991 e. The third-order valence-corrected chi connectivity index (χ3v) is 1.90. The fourth-order valence-corrected chi connectivity index (χ4v) is 1.20. The van der Waals surface area contributed by atoms with Gasteiger partial charge in [-0.2, -0.15) is 0 Å². The van der Waals surface area contributed by atoms with Gasteiger partial charge in [-0.3, -0.25) is 0 Å². The molecule has 0 unspecified atom stereocenters. The molecule has 0 aromatic heterocycles. The van der Waals surface area contributed by atoms with E-state index in [9.17, 15) is 0 Å². The van der Waals surface area contributed by atoms with Crippen LogP contribution in [0, 0.1) is 0 Å². The number of rotatable bonds is 1. The maximum atomic E-state index is 3.62. The Morgan fingerprint density at radius 1 is 1.00 bits per heavy atom. The molecule has 0 N–H and O–H groups in total. The minimum atomic E-state index is 0. The molecule has 0 saturated heterocycles. The second-order valence-electron chi connectivity index (χ2n) is 3.06. The van der Waals surface area contributed by atoms with E-state index >= 15 is 0 Å². The zero-order chi connectivity index (χ0) is 10.1. The largest absolute Gasteiger partial charge is 0.0991 e. The molecule has 0 nitrogen and oxygen atoms in total. The Balaban J connectivity index is 0.000000280. The third-order valence-electron chi connectivity index (χ3n) is 1.90. The second-order valence-corrected chi connectivity index (χ2v) is 3.06. The summed E-state index contributed by atoms with van der Waals surface area (Å²) >= 11 is 0. The Morgan fingerprint density at radius 2 is 1.67 bits per heavy atom. The molecule has 0 saturated carbocycles. The van der Waals surface area contributed by atoms with E-state index in [1.807, 2.05) is 18.2 Å². The van der Waals surface area contributed by atoms with Gasteiger partial charge in [-0.1, -0.05) is 67.3 Å². The van der Waals surface area contributed by atoms with Crippen molar-refractivity contribution in [1.82, 2.24) is 0 Å². The van der Waals surface area contributed by atoms with Crippen LogP contribution in [0.1, 0.15) is 12.8 Å². The predicted octanol–water partition coefficient (Wildman–Crippen LogP) is 4.11. The standard InChI is InChI=1S/C9H10.C5H6.Pd/c1-2-6-9-7-4-3-5-8-9;1-2-4-5-3-1;/h2-7H,1,8H2;1-4H,5H2;. The van der Waals surface area contributed by atoms with Gasteiger partial charge in [0.2, 0.25) is 0 Å². The Morgan fingerprint density at radius 3 is 2.07 bits per heavy atom. The summed E-state index contributed by atoms with van der Waals surface area (Å²) in [5.41, 5.74) is 1.33. The molecule has 0 aliphatic heterocycles. The van der Waals surface area contributed by atoms with Crippen LogP contribution in [0.3, 0.4) is 0 Å². The van der Waals surface area contributed by atoms with Crippen LogP contribution in [0.15, 0.2) is 72.9 Å². The molecule has 2 rings (SSSR count). The van der Waals surface area contributed by atoms with Gasteiger partial charge in [-0.25, -0.2) is 0 Å². The van der Waals surface area contributed by atoms with Gasteiger partial charge in [0.05, 0.1) is 0 Å². The van der Waals surface area contributed by atoms with Crippen molar-refractivity contribution >= 4 is 0 Å². The molecular weight excluding hydrogens is 275 g/mol. The van der Waals surface area contributed by atoms with Crippen molar-refractivity contribution in [3.05, 3.63) is 72.9 Å². The van der Waals surface area contributed by atoms with E-state index < -0.39 is 0 Å². The molecule has 0 radical (unpaired) electrons. The van der Waals surface area contributed by atoms with Crippen molar-refractivity contribution in [1.29, 1.82) is 0 Å². The Labute approximate surface area is 106 Å². The van der Waals surface area contributed by atoms with Crippen molar-refractivity contribution in [3.8, 4) is 0 Å². The first-order chi connectivity index (χ1) is 6.93. The van der Waals surface area contributed by atoms with Crippen molar-refractivity contribution < 1.29 is 20.4 Å². The van der Waals surface area contributed by atoms with E-state index in [0.29, 0.717) is 0 Å². The summed E-state index contributed by atoms with van der Waals surface area (Å²) in [6.45, 7) is 3.62. The summed E-state index contributed by atoms with van der Waals surface area (Å²) in [5, 5.41) is 0. The first-order valence-corrected chi connectivity index (χ1v) is 4.90. The van der Waals surface area contributed by atoms with Gasteiger partial charge in [0.25, 0.3) is 0 Å². The van der Waals surface area contributed by atoms with Gasteiger partial charge in [0.15, 0.2) is 0 Å². The second kappa shape index (κ2) is 9.65. The van der Waals surface area contributed by atoms with Gasteiger partial charge >= 0.3 is 0 Å². The first-order valence-electron chi connectivity index (χ1n) is 4.90. The van der Waals surface area contributed by atoms with E-state index in [4.69, 9.17) is 0 Å². The van der Waals surface area contributed by atoms with Gasteiger partial charge in [-0.05, 0) is 18.4 Å². The monoisotopic (exact) mass is 290 g/mol. The zero-order valence-corrected chi connectivity index (χ0v) is 10.3. The van der Waals surface area contributed by atoms with Gasteiger partial charge in [0.1, 0.15) is 0 Å². The van der Waals surface area contributed by atoms with E-state index in [1.165, 1.54) is 5.57 Å². The molecule has 0 aromatic rings. The quantitative estimate of drug-likeness (QED) is 0.638. The molecular formula is C14H16Pd. The molecule has 2 aliphatic rings. The van der Waals surface area contributed by atoms with Crippen LogP contribution >= 0.6 is 0 Å². The van der Waals surface area contributed by atoms with Crippen LogP contribution in [0.25, 0.3) is 0 Å². The van der Waals surface area contributed by atoms with E-state index in [-0.39, 0.29) is 20.4 Å². The molecule has 0 bridgehead atoms. The summed E-state index contributed by atoms with van der Waals surface area (Å²) in [6.07, 6.45) is 22.7. The number of hydrogen-bond donors (Lipinski definition) is 0. The SMILES string of the molecule is C1=CCC=C1.C=CC=C1C=CC=CC1.[Pd]. The molecule has 0 spiro atoms. The van der Waals surface area contributed by atoms with Crippen LogP contribution in [0.5, 0.6) is 0 Å². The molecule has 82 valence electrons. The summed E-state index contributed by atoms with van der Waals surface area (Å²) in [5.74, 6) is 0. The van der Waals surface area contributed by atoms with E-state index in [2.05, 4.69) is 49.1 Å². The topological polar surface area (TPSA) is 0 Å². The van der Waals surface area contributed by atoms with Gasteiger partial charge in [-0.15, -0.1) is 0 Å². The van der Waals surface area contributed by atoms with Crippen LogP contribution in [-0.4, -0.2) is 0 Å². The zero-order valence-electron chi connectivity index (χ0n) is 8.71. The predicted molar refractivity (Wildman–Crippen MR) is 64.1 cm³/mol. The summed E-state index contributed by atoms with van der Waals surface area (Å²) in [6, 6.07) is 0. The Hall–Kier alpha value is -0.898. The van der Waals surface area contributed by atoms with Crippen LogP contribution in [0.4, 0.5) is 0 Å². The summed E-state index contributed by atoms with van der Waals surface area (Å²) in [7, 11) is 0. The summed E-state index contributed by atoms with van der Waals surface area (Å²) < 4.78 is 0. The number of allylic oxidation sites excluding steroid dienone is 11. The minimum absolute atomic E-state index is 0. The molecule has 0 fully saturated rings. The molecule has 0 aromatic carbocycles. The normalized spacial score (nSPS) is 18.3. The summed E-state index contributed by atoms with van der Waals surface area (Å²) in [4.78, 5) is 0. The van der Waals surface area contributed by atoms with E-state index in [0.717, 1.165) is 12.8 Å². The molecule has 2 aliphatic carbocycles. The van der Waals surface area contributed by atoms with Gasteiger partial charge < -0.3 is 0 Å². The molecule has 0 heterocycles. The number of hydrogen-bond acceptors (Lipinski definition) is 0. The molecule has 1 heteroatoms. The van der Waals surface area contributed by atoms with Crippen molar-refractivity contribution in [3.63, 3.8) is 0 Å². The fourth-order valence-electron chi connectivity index (χ4n) is 1.20. The first kappa shape index (κ1) is 14.1. The fraction of sp³-hybridized carbons (Fsp3) is 0.143. The average Bonchev–Trinajstić information content (AvgIpc) is 2.78. The van der Waals surface area contributed by atoms with Gasteiger partial charge in [0, 0.05) is 20.4 Å². The Kier molecular flexibility index (Phi) is 9.07. The maximum Gasteiger partial charge on any atom is 0 e. The van der Waals surface area contributed by atoms with Crippen LogP contribution in [-0.2, 0) is 20.4 Å². The van der Waals surface area contributed by atoms with Crippen molar-refractivity contribution in [2.75, 3.05) is 0 Å². The Bertz CT molecular complexity index is 304. The molecule has 0 atom stereocenters. The smallest absolute Gasteiger partial charge is 0 e. The van der Waals surface area contributed by atoms with Crippen LogP contribution in [0.2, 0.25) is 0 Å². The van der Waals surface area contributed by atoms with E-state index in [1.54, 1.807) is 0 Å². The van der Waals surface area contributed by atoms with Crippen molar-refractivity contribution in [2.24, 2.45) is 0 Å². The maximum absolute atomic E-state index is 3.62. The molecule has 0 amide bonds. The molecule has 15 heavy (non-hydrogen) atoms. The van der Waals surface area contributed by atoms with Crippen molar-refractivity contribution in [2.45, 2.75) is 12.8 Å². The van der Waals surface area contributed by atoms with Crippen LogP contribution < -0.4 is 0 Å². The third kappa shape index (κ3) is 7.08. The average molecular weight is 291 g/mol.